The summed E-state index contributed by atoms with van der Waals surface area (Å²) in [5.74, 6) is 2.18. The number of carbonyl (C=O) groups excluding carboxylic acids is 1. The van der Waals surface area contributed by atoms with Crippen molar-refractivity contribution in [1.29, 1.82) is 0 Å². The molecule has 1 aliphatic heterocycles. The van der Waals surface area contributed by atoms with Gasteiger partial charge < -0.3 is 14.8 Å². The number of imidazole rings is 1. The van der Waals surface area contributed by atoms with Crippen LogP contribution in [0.3, 0.4) is 0 Å². The highest BCUT2D eigenvalue weighted by molar-refractivity contribution is 5.99. The highest BCUT2D eigenvalue weighted by Gasteiger charge is 2.42. The van der Waals surface area contributed by atoms with Crippen LogP contribution in [-0.2, 0) is 6.54 Å². The van der Waals surface area contributed by atoms with Crippen LogP contribution in [0.2, 0.25) is 0 Å². The molecule has 1 saturated heterocycles. The standard InChI is InChI=1S/C20H26N4O2/c25-15-8-10-23(11-15)12-17-21-19(16-3-1-2-9-24(16)17)20(26)22-18(13-4-5-13)14-6-7-14/h1-3,9,13-15,18,25H,4-8,10-12H2,(H,22,26). The number of nitrogens with one attached hydrogen (secondary N) is 1. The number of amides is 1. The molecule has 5 rings (SSSR count). The number of nitrogens with zero attached hydrogens (tertiary/aromatic N) is 3. The van der Waals surface area contributed by atoms with Crippen molar-refractivity contribution < 1.29 is 9.90 Å². The van der Waals surface area contributed by atoms with Gasteiger partial charge in [0.1, 0.15) is 5.82 Å². The van der Waals surface area contributed by atoms with Crippen LogP contribution in [0.15, 0.2) is 24.4 Å². The summed E-state index contributed by atoms with van der Waals surface area (Å²) in [6.45, 7) is 2.20. The maximum absolute atomic E-state index is 13.0. The SMILES string of the molecule is O=C(NC(C1CC1)C1CC1)c1nc(CN2CCC(O)C2)n2ccccc12. The maximum atomic E-state index is 13.0. The van der Waals surface area contributed by atoms with E-state index in [0.29, 0.717) is 36.7 Å². The molecule has 2 N–H and O–H groups in total. The van der Waals surface area contributed by atoms with Crippen molar-refractivity contribution in [2.45, 2.75) is 50.8 Å². The molecule has 0 bridgehead atoms. The molecule has 3 heterocycles. The molecule has 138 valence electrons. The Morgan fingerprint density at radius 3 is 2.65 bits per heavy atom. The summed E-state index contributed by atoms with van der Waals surface area (Å²) < 4.78 is 2.02. The highest BCUT2D eigenvalue weighted by Crippen LogP contribution is 2.44. The number of pyridine rings is 1. The lowest BCUT2D eigenvalue weighted by Crippen LogP contribution is -2.38. The molecule has 0 aromatic carbocycles. The molecule has 6 nitrogen and oxygen atoms in total. The summed E-state index contributed by atoms with van der Waals surface area (Å²) >= 11 is 0. The van der Waals surface area contributed by atoms with Gasteiger partial charge in [-0.25, -0.2) is 4.98 Å². The van der Waals surface area contributed by atoms with E-state index in [1.807, 2.05) is 28.8 Å². The summed E-state index contributed by atoms with van der Waals surface area (Å²) in [5, 5.41) is 13.1. The van der Waals surface area contributed by atoms with Crippen molar-refractivity contribution in [3.05, 3.63) is 35.9 Å². The zero-order valence-electron chi connectivity index (χ0n) is 15.0. The normalized spacial score (nSPS) is 23.8. The predicted molar refractivity (Wildman–Crippen MR) is 97.8 cm³/mol. The highest BCUT2D eigenvalue weighted by atomic mass is 16.3. The average molecular weight is 354 g/mol. The number of β-amino-alcohol motifs (C(OH)–C–C–N with tert-alkyl or cyclic N) is 1. The lowest BCUT2D eigenvalue weighted by Gasteiger charge is -2.16. The summed E-state index contributed by atoms with van der Waals surface area (Å²) in [7, 11) is 0. The van der Waals surface area contributed by atoms with Gasteiger partial charge in [0.15, 0.2) is 5.69 Å². The van der Waals surface area contributed by atoms with E-state index in [1.54, 1.807) is 0 Å². The minimum Gasteiger partial charge on any atom is -0.392 e. The summed E-state index contributed by atoms with van der Waals surface area (Å²) in [6.07, 6.45) is 7.51. The first-order valence-corrected chi connectivity index (χ1v) is 9.86. The predicted octanol–water partition coefficient (Wildman–Crippen LogP) is 1.82. The van der Waals surface area contributed by atoms with Crippen LogP contribution in [0.1, 0.15) is 48.4 Å². The molecular formula is C20H26N4O2. The van der Waals surface area contributed by atoms with Crippen molar-refractivity contribution in [1.82, 2.24) is 19.6 Å². The number of rotatable bonds is 6. The number of aliphatic hydroxyl groups excluding tert-OH is 1. The lowest BCUT2D eigenvalue weighted by molar-refractivity contribution is 0.0923. The second-order valence-corrected chi connectivity index (χ2v) is 8.18. The molecule has 1 atom stereocenters. The van der Waals surface area contributed by atoms with Gasteiger partial charge in [0, 0.05) is 25.3 Å². The number of fused-ring (bicyclic) bond motifs is 1. The van der Waals surface area contributed by atoms with Gasteiger partial charge in [-0.05, 0) is 56.1 Å². The second kappa shape index (κ2) is 6.35. The van der Waals surface area contributed by atoms with Gasteiger partial charge in [-0.1, -0.05) is 6.07 Å². The molecule has 0 spiro atoms. The third-order valence-electron chi connectivity index (χ3n) is 6.01. The van der Waals surface area contributed by atoms with Crippen LogP contribution in [-0.4, -0.2) is 50.5 Å². The quantitative estimate of drug-likeness (QED) is 0.830. The zero-order chi connectivity index (χ0) is 17.7. The van der Waals surface area contributed by atoms with E-state index in [1.165, 1.54) is 25.7 Å². The van der Waals surface area contributed by atoms with Gasteiger partial charge in [0.25, 0.3) is 5.91 Å². The largest absolute Gasteiger partial charge is 0.392 e. The molecule has 0 radical (unpaired) electrons. The monoisotopic (exact) mass is 354 g/mol. The van der Waals surface area contributed by atoms with Gasteiger partial charge in [-0.3, -0.25) is 9.69 Å². The van der Waals surface area contributed by atoms with Gasteiger partial charge in [0.05, 0.1) is 18.2 Å². The number of aromatic nitrogens is 2. The van der Waals surface area contributed by atoms with Crippen molar-refractivity contribution in [2.24, 2.45) is 11.8 Å². The van der Waals surface area contributed by atoms with Crippen LogP contribution >= 0.6 is 0 Å². The van der Waals surface area contributed by atoms with Crippen LogP contribution in [0.5, 0.6) is 0 Å². The fraction of sp³-hybridized carbons (Fsp3) is 0.600. The van der Waals surface area contributed by atoms with Gasteiger partial charge in [-0.2, -0.15) is 0 Å². The van der Waals surface area contributed by atoms with Crippen molar-refractivity contribution in [2.75, 3.05) is 13.1 Å². The van der Waals surface area contributed by atoms with Crippen molar-refractivity contribution in [3.8, 4) is 0 Å². The molecule has 2 aromatic rings. The maximum Gasteiger partial charge on any atom is 0.272 e. The van der Waals surface area contributed by atoms with Gasteiger partial charge in [0.2, 0.25) is 0 Å². The topological polar surface area (TPSA) is 69.9 Å². The Bertz CT molecular complexity index is 812. The lowest BCUT2D eigenvalue weighted by atomic mass is 10.1. The van der Waals surface area contributed by atoms with E-state index in [0.717, 1.165) is 24.3 Å². The molecule has 26 heavy (non-hydrogen) atoms. The minimum absolute atomic E-state index is 0.0368. The molecule has 2 aliphatic carbocycles. The third-order valence-corrected chi connectivity index (χ3v) is 6.01. The summed E-state index contributed by atoms with van der Waals surface area (Å²) in [6, 6.07) is 6.22. The molecule has 3 aliphatic rings. The first-order valence-electron chi connectivity index (χ1n) is 9.86. The molecule has 3 fully saturated rings. The minimum atomic E-state index is -0.248. The number of hydrogen-bond acceptors (Lipinski definition) is 4. The number of likely N-dealkylation sites (tertiary alicyclic amines) is 1. The van der Waals surface area contributed by atoms with E-state index in [-0.39, 0.29) is 12.0 Å². The Labute approximate surface area is 153 Å². The van der Waals surface area contributed by atoms with Crippen LogP contribution < -0.4 is 5.32 Å². The molecule has 2 saturated carbocycles. The smallest absolute Gasteiger partial charge is 0.272 e. The summed E-state index contributed by atoms with van der Waals surface area (Å²) in [4.78, 5) is 19.9. The Kier molecular flexibility index (Phi) is 3.98. The Hall–Kier alpha value is -1.92. The molecule has 1 unspecified atom stereocenters. The van der Waals surface area contributed by atoms with Gasteiger partial charge >= 0.3 is 0 Å². The zero-order valence-corrected chi connectivity index (χ0v) is 15.0. The Balaban J connectivity index is 1.40. The Morgan fingerprint density at radius 1 is 1.23 bits per heavy atom. The van der Waals surface area contributed by atoms with E-state index < -0.39 is 0 Å². The van der Waals surface area contributed by atoms with E-state index >= 15 is 0 Å². The number of hydrogen-bond donors (Lipinski definition) is 2. The first-order chi connectivity index (χ1) is 12.7. The van der Waals surface area contributed by atoms with Gasteiger partial charge in [-0.15, -0.1) is 0 Å². The summed E-state index contributed by atoms with van der Waals surface area (Å²) in [5.41, 5.74) is 1.40. The fourth-order valence-electron chi connectivity index (χ4n) is 4.29. The van der Waals surface area contributed by atoms with Crippen molar-refractivity contribution >= 4 is 11.4 Å². The van der Waals surface area contributed by atoms with E-state index in [4.69, 9.17) is 4.98 Å². The van der Waals surface area contributed by atoms with Crippen LogP contribution in [0, 0.1) is 11.8 Å². The van der Waals surface area contributed by atoms with Crippen LogP contribution in [0.4, 0.5) is 0 Å². The molecule has 6 heteroatoms. The molecule has 1 amide bonds. The van der Waals surface area contributed by atoms with E-state index in [9.17, 15) is 9.90 Å². The van der Waals surface area contributed by atoms with E-state index in [2.05, 4.69) is 10.2 Å². The fourth-order valence-corrected chi connectivity index (χ4v) is 4.29. The van der Waals surface area contributed by atoms with Crippen LogP contribution in [0.25, 0.3) is 5.52 Å². The number of aliphatic hydroxyl groups is 1. The number of carbonyl (C=O) groups is 1. The molecular weight excluding hydrogens is 328 g/mol. The first kappa shape index (κ1) is 16.3. The third kappa shape index (κ3) is 3.12. The van der Waals surface area contributed by atoms with Crippen molar-refractivity contribution in [3.63, 3.8) is 0 Å². The second-order valence-electron chi connectivity index (χ2n) is 8.18. The molecule has 2 aromatic heterocycles. The Morgan fingerprint density at radius 2 is 2.00 bits per heavy atom. The average Bonchev–Trinajstić information content (AvgIpc) is 3.56.